The van der Waals surface area contributed by atoms with Crippen molar-refractivity contribution in [2.75, 3.05) is 19.8 Å². The van der Waals surface area contributed by atoms with Crippen molar-refractivity contribution in [3.8, 4) is 0 Å². The summed E-state index contributed by atoms with van der Waals surface area (Å²) in [6.45, 7) is 13.6. The Labute approximate surface area is 239 Å². The first-order valence-electron chi connectivity index (χ1n) is 13.4. The first-order chi connectivity index (χ1) is 17.1. The molecule has 219 valence electrons. The summed E-state index contributed by atoms with van der Waals surface area (Å²) in [5, 5.41) is 0. The minimum absolute atomic E-state index is 0. The summed E-state index contributed by atoms with van der Waals surface area (Å²) in [7, 11) is -7.96. The van der Waals surface area contributed by atoms with E-state index in [0.717, 1.165) is 77.0 Å². The molecule has 1 radical (unpaired) electrons. The molecule has 9 nitrogen and oxygen atoms in total. The van der Waals surface area contributed by atoms with Gasteiger partial charge in [-0.25, -0.2) is 0 Å². The van der Waals surface area contributed by atoms with Crippen LogP contribution < -0.4 is 14.7 Å². The van der Waals surface area contributed by atoms with E-state index in [0.29, 0.717) is 37.6 Å². The predicted octanol–water partition coefficient (Wildman–Crippen LogP) is 6.71. The molecule has 0 aliphatic heterocycles. The Morgan fingerprint density at radius 1 is 0.514 bits per heavy atom. The van der Waals surface area contributed by atoms with E-state index in [2.05, 4.69) is 55.1 Å². The standard InChI is InChI=1S/3C8H17O3P.Cr/c3*1-3-5-6-8(4-2)7-11-12(9)10;/h3*8H,3-7H2,1-2H3;/q;;;+3. The fourth-order valence-corrected chi connectivity index (χ4v) is 4.19. The Morgan fingerprint density at radius 2 is 0.730 bits per heavy atom. The summed E-state index contributed by atoms with van der Waals surface area (Å²) < 4.78 is 44.0. The van der Waals surface area contributed by atoms with Gasteiger partial charge in [-0.3, -0.25) is 0 Å². The Balaban J connectivity index is -0.000000218. The summed E-state index contributed by atoms with van der Waals surface area (Å²) in [6.07, 6.45) is 13.1. The zero-order valence-corrected chi connectivity index (χ0v) is 27.7. The molecule has 0 saturated heterocycles. The number of hydrogen-bond acceptors (Lipinski definition) is 9. The predicted molar refractivity (Wildman–Crippen MR) is 141 cm³/mol. The van der Waals surface area contributed by atoms with Gasteiger partial charge in [0.05, 0.1) is 0 Å². The molecule has 0 fully saturated rings. The van der Waals surface area contributed by atoms with E-state index >= 15 is 0 Å². The largest absolute Gasteiger partial charge is 3.00 e. The van der Waals surface area contributed by atoms with Gasteiger partial charge in [-0.1, -0.05) is 99.3 Å². The molecule has 0 bridgehead atoms. The van der Waals surface area contributed by atoms with Crippen LogP contribution in [0, 0.1) is 17.8 Å². The third kappa shape index (κ3) is 38.8. The normalized spacial score (nSPS) is 14.0. The van der Waals surface area contributed by atoms with Crippen LogP contribution in [0.25, 0.3) is 0 Å². The van der Waals surface area contributed by atoms with Crippen LogP contribution in [0.5, 0.6) is 0 Å². The van der Waals surface area contributed by atoms with Crippen LogP contribution in [-0.4, -0.2) is 19.8 Å². The SMILES string of the molecule is CCCCC(CC)CO[P+](=O)[O-].CCCCC(CC)CO[P+](=O)[O-].CCCCC(CC)CO[P+](=O)[O-].[Cr+3]. The summed E-state index contributed by atoms with van der Waals surface area (Å²) in [6, 6.07) is 0. The molecule has 13 heteroatoms. The minimum atomic E-state index is -2.65. The van der Waals surface area contributed by atoms with Crippen molar-refractivity contribution in [3.05, 3.63) is 0 Å². The minimum Gasteiger partial charge on any atom is -0.566 e. The molecule has 0 saturated carbocycles. The quantitative estimate of drug-likeness (QED) is 0.126. The van der Waals surface area contributed by atoms with Crippen LogP contribution >= 0.6 is 24.8 Å². The first kappa shape index (κ1) is 44.6. The Morgan fingerprint density at radius 3 is 0.865 bits per heavy atom. The molecule has 0 aliphatic rings. The van der Waals surface area contributed by atoms with Crippen molar-refractivity contribution in [2.24, 2.45) is 17.8 Å². The van der Waals surface area contributed by atoms with Crippen LogP contribution in [0.3, 0.4) is 0 Å². The van der Waals surface area contributed by atoms with Gasteiger partial charge in [-0.05, 0) is 50.7 Å². The maximum Gasteiger partial charge on any atom is 3.00 e. The molecule has 6 atom stereocenters. The van der Waals surface area contributed by atoms with E-state index in [-0.39, 0.29) is 17.4 Å². The maximum absolute atomic E-state index is 10.1. The second kappa shape index (κ2) is 34.6. The van der Waals surface area contributed by atoms with Crippen LogP contribution in [-0.2, 0) is 44.6 Å². The van der Waals surface area contributed by atoms with Gasteiger partial charge in [0.1, 0.15) is 19.8 Å². The molecule has 0 rings (SSSR count). The molecular weight excluding hydrogens is 577 g/mol. The van der Waals surface area contributed by atoms with E-state index in [1.165, 1.54) is 0 Å². The molecule has 0 amide bonds. The van der Waals surface area contributed by atoms with Gasteiger partial charge in [-0.2, -0.15) is 0 Å². The Hall–Kier alpha value is 0.592. The van der Waals surface area contributed by atoms with Gasteiger partial charge < -0.3 is 14.7 Å². The van der Waals surface area contributed by atoms with Crippen LogP contribution in [0.1, 0.15) is 119 Å². The second-order valence-corrected chi connectivity index (χ2v) is 10.9. The smallest absolute Gasteiger partial charge is 0.566 e. The first-order valence-corrected chi connectivity index (χ1v) is 16.7. The van der Waals surface area contributed by atoms with E-state index in [4.69, 9.17) is 0 Å². The average Bonchev–Trinajstić information content (AvgIpc) is 2.85. The van der Waals surface area contributed by atoms with Crippen LogP contribution in [0.4, 0.5) is 0 Å². The molecule has 6 unspecified atom stereocenters. The van der Waals surface area contributed by atoms with E-state index in [1.54, 1.807) is 0 Å². The van der Waals surface area contributed by atoms with Gasteiger partial charge in [-0.15, -0.1) is 13.6 Å². The van der Waals surface area contributed by atoms with Gasteiger partial charge in [0.2, 0.25) is 0 Å². The molecule has 0 aromatic rings. The zero-order chi connectivity index (χ0) is 28.2. The second-order valence-electron chi connectivity index (χ2n) is 8.81. The number of hydrogen-bond donors (Lipinski definition) is 0. The maximum atomic E-state index is 10.1. The molecule has 0 aliphatic carbocycles. The Kier molecular flexibility index (Phi) is 41.7. The molecule has 0 aromatic carbocycles. The third-order valence-corrected chi connectivity index (χ3v) is 6.96. The number of rotatable bonds is 21. The fraction of sp³-hybridized carbons (Fsp3) is 1.00. The van der Waals surface area contributed by atoms with Gasteiger partial charge in [0, 0.05) is 0 Å². The topological polar surface area (TPSA) is 148 Å². The summed E-state index contributed by atoms with van der Waals surface area (Å²) in [5.41, 5.74) is 0. The average molecular weight is 629 g/mol. The van der Waals surface area contributed by atoms with Crippen molar-refractivity contribution in [2.45, 2.75) is 119 Å². The zero-order valence-electron chi connectivity index (χ0n) is 23.8. The molecule has 37 heavy (non-hydrogen) atoms. The number of unbranched alkanes of at least 4 members (excludes halogenated alkanes) is 3. The molecule has 0 heterocycles. The summed E-state index contributed by atoms with van der Waals surface area (Å²) in [4.78, 5) is 30.3. The van der Waals surface area contributed by atoms with Gasteiger partial charge in [0.15, 0.2) is 0 Å². The van der Waals surface area contributed by atoms with E-state index < -0.39 is 24.8 Å². The van der Waals surface area contributed by atoms with Crippen molar-refractivity contribution in [1.29, 1.82) is 0 Å². The monoisotopic (exact) mass is 628 g/mol. The Bertz CT molecular complexity index is 460. The van der Waals surface area contributed by atoms with E-state index in [1.807, 2.05) is 0 Å². The van der Waals surface area contributed by atoms with Gasteiger partial charge >= 0.3 is 42.1 Å². The fourth-order valence-electron chi connectivity index (χ4n) is 3.19. The molecular formula is C24H51CrO9P3+3. The molecule has 0 spiro atoms. The molecule has 0 aromatic heterocycles. The van der Waals surface area contributed by atoms with Crippen LogP contribution in [0.2, 0.25) is 0 Å². The van der Waals surface area contributed by atoms with Crippen LogP contribution in [0.15, 0.2) is 0 Å². The molecule has 0 N–H and O–H groups in total. The van der Waals surface area contributed by atoms with Crippen molar-refractivity contribution in [1.82, 2.24) is 0 Å². The van der Waals surface area contributed by atoms with Gasteiger partial charge in [0.25, 0.3) is 0 Å². The van der Waals surface area contributed by atoms with E-state index in [9.17, 15) is 28.4 Å². The third-order valence-electron chi connectivity index (χ3n) is 5.88. The van der Waals surface area contributed by atoms with Crippen molar-refractivity contribution < 1.29 is 59.3 Å². The van der Waals surface area contributed by atoms with Crippen molar-refractivity contribution in [3.63, 3.8) is 0 Å². The summed E-state index contributed by atoms with van der Waals surface area (Å²) in [5.74, 6) is 1.20. The van der Waals surface area contributed by atoms with Crippen molar-refractivity contribution >= 4 is 24.8 Å². The summed E-state index contributed by atoms with van der Waals surface area (Å²) >= 11 is 0.